The summed E-state index contributed by atoms with van der Waals surface area (Å²) in [5, 5.41) is 13.3. The Kier molecular flexibility index (Phi) is 3.49. The number of aromatic nitrogens is 2. The van der Waals surface area contributed by atoms with Crippen molar-refractivity contribution in [2.45, 2.75) is 44.6 Å². The molecule has 2 rings (SSSR count). The summed E-state index contributed by atoms with van der Waals surface area (Å²) in [5.74, 6) is -1.01. The van der Waals surface area contributed by atoms with Crippen LogP contribution in [0.15, 0.2) is 6.20 Å². The van der Waals surface area contributed by atoms with E-state index in [1.165, 1.54) is 31.9 Å². The van der Waals surface area contributed by atoms with E-state index in [1.54, 1.807) is 4.68 Å². The second-order valence-corrected chi connectivity index (χ2v) is 4.60. The Morgan fingerprint density at radius 2 is 2.00 bits per heavy atom. The second kappa shape index (κ2) is 4.87. The van der Waals surface area contributed by atoms with E-state index in [4.69, 9.17) is 16.7 Å². The first kappa shape index (κ1) is 11.5. The van der Waals surface area contributed by atoms with E-state index in [0.717, 1.165) is 12.8 Å². The van der Waals surface area contributed by atoms with Gasteiger partial charge in [-0.25, -0.2) is 4.79 Å². The van der Waals surface area contributed by atoms with Crippen LogP contribution in [0.4, 0.5) is 0 Å². The van der Waals surface area contributed by atoms with Crippen molar-refractivity contribution in [3.63, 3.8) is 0 Å². The molecule has 0 bridgehead atoms. The Labute approximate surface area is 99.2 Å². The fraction of sp³-hybridized carbons (Fsp3) is 0.636. The standard InChI is InChI=1S/C11H15ClN2O2/c12-10-9(11(15)16)7-13-14(10)8-5-3-1-2-4-6-8/h7-8H,1-6H2,(H,15,16). The van der Waals surface area contributed by atoms with E-state index in [0.29, 0.717) is 0 Å². The first-order chi connectivity index (χ1) is 7.70. The molecule has 0 amide bonds. The molecule has 0 aliphatic heterocycles. The predicted octanol–water partition coefficient (Wildman–Crippen LogP) is 3.13. The van der Waals surface area contributed by atoms with Crippen LogP contribution in [0.2, 0.25) is 5.15 Å². The van der Waals surface area contributed by atoms with E-state index >= 15 is 0 Å². The van der Waals surface area contributed by atoms with Gasteiger partial charge >= 0.3 is 5.97 Å². The molecule has 0 aromatic carbocycles. The first-order valence-corrected chi connectivity index (χ1v) is 6.04. The van der Waals surface area contributed by atoms with Crippen molar-refractivity contribution in [1.29, 1.82) is 0 Å². The maximum Gasteiger partial charge on any atom is 0.340 e. The lowest BCUT2D eigenvalue weighted by molar-refractivity contribution is 0.0697. The third kappa shape index (κ3) is 2.21. The minimum absolute atomic E-state index is 0.103. The van der Waals surface area contributed by atoms with Crippen LogP contribution in [-0.2, 0) is 0 Å². The Morgan fingerprint density at radius 3 is 2.50 bits per heavy atom. The number of rotatable bonds is 2. The van der Waals surface area contributed by atoms with Crippen LogP contribution in [-0.4, -0.2) is 20.9 Å². The summed E-state index contributed by atoms with van der Waals surface area (Å²) in [6.45, 7) is 0. The highest BCUT2D eigenvalue weighted by atomic mass is 35.5. The molecule has 1 aromatic rings. The van der Waals surface area contributed by atoms with Gasteiger partial charge in [-0.05, 0) is 12.8 Å². The fourth-order valence-electron chi connectivity index (χ4n) is 2.25. The molecule has 5 heteroatoms. The van der Waals surface area contributed by atoms with Crippen molar-refractivity contribution in [2.24, 2.45) is 0 Å². The van der Waals surface area contributed by atoms with Gasteiger partial charge in [-0.1, -0.05) is 37.3 Å². The number of nitrogens with zero attached hydrogens (tertiary/aromatic N) is 2. The number of carboxylic acid groups (broad SMARTS) is 1. The van der Waals surface area contributed by atoms with Crippen LogP contribution in [0.3, 0.4) is 0 Å². The summed E-state index contributed by atoms with van der Waals surface area (Å²) in [4.78, 5) is 10.8. The molecule has 0 radical (unpaired) electrons. The summed E-state index contributed by atoms with van der Waals surface area (Å²) in [7, 11) is 0. The van der Waals surface area contributed by atoms with Gasteiger partial charge in [0, 0.05) is 0 Å². The van der Waals surface area contributed by atoms with E-state index in [-0.39, 0.29) is 16.8 Å². The number of carbonyl (C=O) groups is 1. The SMILES string of the molecule is O=C(O)c1cnn(C2CCCCCC2)c1Cl. The molecule has 1 N–H and O–H groups in total. The lowest BCUT2D eigenvalue weighted by Gasteiger charge is -2.15. The van der Waals surface area contributed by atoms with Crippen molar-refractivity contribution in [2.75, 3.05) is 0 Å². The lowest BCUT2D eigenvalue weighted by atomic mass is 10.1. The van der Waals surface area contributed by atoms with Gasteiger partial charge in [-0.3, -0.25) is 4.68 Å². The van der Waals surface area contributed by atoms with E-state index in [9.17, 15) is 4.79 Å². The molecular formula is C11H15ClN2O2. The van der Waals surface area contributed by atoms with Crippen molar-refractivity contribution in [3.8, 4) is 0 Å². The number of aromatic carboxylic acids is 1. The maximum atomic E-state index is 10.8. The minimum atomic E-state index is -1.01. The molecule has 16 heavy (non-hydrogen) atoms. The molecule has 0 spiro atoms. The van der Waals surface area contributed by atoms with Crippen molar-refractivity contribution in [1.82, 2.24) is 9.78 Å². The van der Waals surface area contributed by atoms with Crippen molar-refractivity contribution < 1.29 is 9.90 Å². The smallest absolute Gasteiger partial charge is 0.340 e. The number of carboxylic acids is 1. The van der Waals surface area contributed by atoms with Crippen molar-refractivity contribution in [3.05, 3.63) is 16.9 Å². The Morgan fingerprint density at radius 1 is 1.38 bits per heavy atom. The van der Waals surface area contributed by atoms with Gasteiger partial charge in [0.2, 0.25) is 0 Å². The highest BCUT2D eigenvalue weighted by molar-refractivity contribution is 6.32. The summed E-state index contributed by atoms with van der Waals surface area (Å²) in [6, 6.07) is 0.267. The topological polar surface area (TPSA) is 55.1 Å². The summed E-state index contributed by atoms with van der Waals surface area (Å²) < 4.78 is 1.68. The zero-order chi connectivity index (χ0) is 11.5. The second-order valence-electron chi connectivity index (χ2n) is 4.24. The largest absolute Gasteiger partial charge is 0.478 e. The average molecular weight is 243 g/mol. The van der Waals surface area contributed by atoms with Gasteiger partial charge in [0.15, 0.2) is 0 Å². The zero-order valence-corrected chi connectivity index (χ0v) is 9.78. The van der Waals surface area contributed by atoms with Crippen LogP contribution in [0, 0.1) is 0 Å². The monoisotopic (exact) mass is 242 g/mol. The highest BCUT2D eigenvalue weighted by Gasteiger charge is 2.21. The molecule has 0 atom stereocenters. The molecule has 1 aromatic heterocycles. The first-order valence-electron chi connectivity index (χ1n) is 5.66. The third-order valence-electron chi connectivity index (χ3n) is 3.14. The number of hydrogen-bond donors (Lipinski definition) is 1. The van der Waals surface area contributed by atoms with Gasteiger partial charge in [0.05, 0.1) is 12.2 Å². The van der Waals surface area contributed by atoms with Crippen LogP contribution < -0.4 is 0 Å². The number of hydrogen-bond acceptors (Lipinski definition) is 2. The average Bonchev–Trinajstić information content (AvgIpc) is 2.50. The molecule has 1 saturated carbocycles. The molecule has 1 aliphatic carbocycles. The van der Waals surface area contributed by atoms with Crippen LogP contribution in [0.25, 0.3) is 0 Å². The fourth-order valence-corrected chi connectivity index (χ4v) is 2.56. The van der Waals surface area contributed by atoms with Gasteiger partial charge in [0.1, 0.15) is 10.7 Å². The molecular weight excluding hydrogens is 228 g/mol. The lowest BCUT2D eigenvalue weighted by Crippen LogP contribution is -2.10. The predicted molar refractivity (Wildman–Crippen MR) is 60.9 cm³/mol. The molecule has 0 unspecified atom stereocenters. The normalized spacial score (nSPS) is 18.3. The Hall–Kier alpha value is -1.03. The van der Waals surface area contributed by atoms with Gasteiger partial charge in [-0.2, -0.15) is 5.10 Å². The van der Waals surface area contributed by atoms with Gasteiger partial charge in [-0.15, -0.1) is 0 Å². The molecule has 1 fully saturated rings. The third-order valence-corrected chi connectivity index (χ3v) is 3.51. The van der Waals surface area contributed by atoms with E-state index in [1.807, 2.05) is 0 Å². The maximum absolute atomic E-state index is 10.8. The zero-order valence-electron chi connectivity index (χ0n) is 9.03. The minimum Gasteiger partial charge on any atom is -0.478 e. The molecule has 4 nitrogen and oxygen atoms in total. The highest BCUT2D eigenvalue weighted by Crippen LogP contribution is 2.30. The summed E-state index contributed by atoms with van der Waals surface area (Å²) >= 11 is 6.03. The van der Waals surface area contributed by atoms with E-state index in [2.05, 4.69) is 5.10 Å². The molecule has 1 heterocycles. The Bertz CT molecular complexity index is 381. The van der Waals surface area contributed by atoms with Gasteiger partial charge in [0.25, 0.3) is 0 Å². The van der Waals surface area contributed by atoms with Crippen LogP contribution in [0.5, 0.6) is 0 Å². The van der Waals surface area contributed by atoms with Crippen molar-refractivity contribution >= 4 is 17.6 Å². The molecule has 88 valence electrons. The summed E-state index contributed by atoms with van der Waals surface area (Å²) in [6.07, 6.45) is 8.27. The summed E-state index contributed by atoms with van der Waals surface area (Å²) in [5.41, 5.74) is 0.103. The Balaban J connectivity index is 2.22. The molecule has 0 saturated heterocycles. The van der Waals surface area contributed by atoms with E-state index < -0.39 is 5.97 Å². The quantitative estimate of drug-likeness (QED) is 0.811. The molecule has 1 aliphatic rings. The van der Waals surface area contributed by atoms with Gasteiger partial charge < -0.3 is 5.11 Å². The number of halogens is 1. The van der Waals surface area contributed by atoms with Crippen LogP contribution in [0.1, 0.15) is 54.9 Å². The van der Waals surface area contributed by atoms with Crippen LogP contribution >= 0.6 is 11.6 Å².